The molecule has 0 atom stereocenters. The lowest BCUT2D eigenvalue weighted by Crippen LogP contribution is -2.54. The van der Waals surface area contributed by atoms with Crippen molar-refractivity contribution in [3.8, 4) is 0 Å². The highest BCUT2D eigenvalue weighted by atomic mass is 16.2. The van der Waals surface area contributed by atoms with Crippen LogP contribution in [0.15, 0.2) is 0 Å². The minimum atomic E-state index is 0.269. The molecular weight excluding hydrogens is 787 g/mol. The minimum Gasteiger partial charge on any atom is -0.338 e. The lowest BCUT2D eigenvalue weighted by atomic mass is 10.1. The van der Waals surface area contributed by atoms with E-state index in [1.54, 1.807) is 0 Å². The highest BCUT2D eigenvalue weighted by Gasteiger charge is 2.26. The Morgan fingerprint density at radius 1 is 0.266 bits per heavy atom. The second-order valence-corrected chi connectivity index (χ2v) is 20.5. The number of unbranched alkanes of at least 4 members (excludes halogenated alkanes) is 32. The zero-order valence-electron chi connectivity index (χ0n) is 44.4. The van der Waals surface area contributed by atoms with Crippen molar-refractivity contribution in [2.45, 2.75) is 272 Å². The Balaban J connectivity index is 2.79. The third kappa shape index (κ3) is 36.9. The fourth-order valence-corrected chi connectivity index (χ4v) is 9.76. The molecule has 0 spiro atoms. The lowest BCUT2D eigenvalue weighted by molar-refractivity contribution is -0.140. The predicted molar refractivity (Wildman–Crippen MR) is 282 cm³/mol. The van der Waals surface area contributed by atoms with Crippen LogP contribution < -0.4 is 0 Å². The van der Waals surface area contributed by atoms with Crippen LogP contribution in [0.5, 0.6) is 0 Å². The Bertz CT molecular complexity index is 969. The molecule has 0 aromatic rings. The van der Waals surface area contributed by atoms with Crippen molar-refractivity contribution < 1.29 is 9.59 Å². The zero-order valence-corrected chi connectivity index (χ0v) is 44.4. The lowest BCUT2D eigenvalue weighted by Gasteiger charge is -2.37. The smallest absolute Gasteiger partial charge is 0.236 e. The molecule has 0 radical (unpaired) electrons. The minimum absolute atomic E-state index is 0.269. The molecule has 0 bridgehead atoms. The molecule has 380 valence electrons. The Morgan fingerprint density at radius 3 is 0.703 bits per heavy atom. The Labute approximate surface area is 401 Å². The number of rotatable bonds is 49. The van der Waals surface area contributed by atoms with E-state index in [1.807, 2.05) is 0 Å². The number of piperazine rings is 1. The van der Waals surface area contributed by atoms with Crippen LogP contribution in [0.3, 0.4) is 0 Å². The average molecular weight is 903 g/mol. The number of amides is 2. The van der Waals surface area contributed by atoms with E-state index in [0.29, 0.717) is 39.3 Å². The van der Waals surface area contributed by atoms with Gasteiger partial charge in [-0.3, -0.25) is 19.4 Å². The van der Waals surface area contributed by atoms with Gasteiger partial charge in [-0.25, -0.2) is 0 Å². The molecule has 0 unspecified atom stereocenters. The van der Waals surface area contributed by atoms with Crippen molar-refractivity contribution in [2.24, 2.45) is 0 Å². The molecule has 1 rings (SSSR count). The van der Waals surface area contributed by atoms with Gasteiger partial charge in [-0.05, 0) is 64.8 Å². The van der Waals surface area contributed by atoms with Gasteiger partial charge in [0.2, 0.25) is 11.8 Å². The molecule has 0 aromatic carbocycles. The van der Waals surface area contributed by atoms with Crippen LogP contribution in [0.25, 0.3) is 0 Å². The third-order valence-electron chi connectivity index (χ3n) is 14.3. The first kappa shape index (κ1) is 60.8. The van der Waals surface area contributed by atoms with Crippen LogP contribution in [0.1, 0.15) is 272 Å². The maximum atomic E-state index is 14.0. The van der Waals surface area contributed by atoms with Crippen LogP contribution >= 0.6 is 0 Å². The molecule has 0 aliphatic carbocycles. The maximum absolute atomic E-state index is 14.0. The Kier molecular flexibility index (Phi) is 44.6. The topological polar surface area (TPSA) is 50.3 Å². The molecule has 0 N–H and O–H groups in total. The highest BCUT2D eigenvalue weighted by Crippen LogP contribution is 2.15. The van der Waals surface area contributed by atoms with Crippen molar-refractivity contribution in [1.82, 2.24) is 24.5 Å². The summed E-state index contributed by atoms with van der Waals surface area (Å²) in [6, 6.07) is 0. The van der Waals surface area contributed by atoms with Crippen LogP contribution in [0.4, 0.5) is 0 Å². The standard InChI is InChI=1S/C57H115N5O2/c1-6-11-16-21-26-27-28-32-37-42-47-60(49-48-58(43-38-34-29-22-17-12-7-2)44-39-35-30-23-18-13-8-3)55-57(64)62-52-50-61(51-53-62)56(63)54-59(45-40-33-25-20-15-10-5)46-41-36-31-24-19-14-9-4/h6-55H2,1-5H3. The average Bonchev–Trinajstić information content (AvgIpc) is 3.30. The fraction of sp³-hybridized carbons (Fsp3) is 0.965. The van der Waals surface area contributed by atoms with Crippen LogP contribution in [0.2, 0.25) is 0 Å². The molecule has 1 aliphatic rings. The normalized spacial score (nSPS) is 13.4. The molecule has 0 aromatic heterocycles. The van der Waals surface area contributed by atoms with Gasteiger partial charge in [0.1, 0.15) is 0 Å². The van der Waals surface area contributed by atoms with E-state index in [0.717, 1.165) is 32.7 Å². The molecule has 7 heteroatoms. The van der Waals surface area contributed by atoms with Crippen LogP contribution in [0, 0.1) is 0 Å². The van der Waals surface area contributed by atoms with Crippen molar-refractivity contribution in [2.75, 3.05) is 85.1 Å². The summed E-state index contributed by atoms with van der Waals surface area (Å²) in [4.78, 5) is 39.6. The molecule has 1 fully saturated rings. The van der Waals surface area contributed by atoms with Crippen LogP contribution in [-0.4, -0.2) is 121 Å². The monoisotopic (exact) mass is 902 g/mol. The highest BCUT2D eigenvalue weighted by molar-refractivity contribution is 5.80. The van der Waals surface area contributed by atoms with Gasteiger partial charge >= 0.3 is 0 Å². The molecular formula is C57H115N5O2. The summed E-state index contributed by atoms with van der Waals surface area (Å²) in [6.45, 7) is 22.8. The number of nitrogens with zero attached hydrogens (tertiary/aromatic N) is 5. The van der Waals surface area contributed by atoms with Crippen molar-refractivity contribution in [3.63, 3.8) is 0 Å². The van der Waals surface area contributed by atoms with Crippen LogP contribution in [-0.2, 0) is 9.59 Å². The van der Waals surface area contributed by atoms with Crippen molar-refractivity contribution in [3.05, 3.63) is 0 Å². The molecule has 7 nitrogen and oxygen atoms in total. The van der Waals surface area contributed by atoms with Crippen molar-refractivity contribution in [1.29, 1.82) is 0 Å². The van der Waals surface area contributed by atoms with E-state index in [1.165, 1.54) is 251 Å². The summed E-state index contributed by atoms with van der Waals surface area (Å²) in [7, 11) is 0. The molecule has 64 heavy (non-hydrogen) atoms. The molecule has 1 aliphatic heterocycles. The number of hydrogen-bond donors (Lipinski definition) is 0. The third-order valence-corrected chi connectivity index (χ3v) is 14.3. The zero-order chi connectivity index (χ0) is 46.4. The van der Waals surface area contributed by atoms with Crippen molar-refractivity contribution >= 4 is 11.8 Å². The molecule has 1 heterocycles. The second kappa shape index (κ2) is 46.9. The fourth-order valence-electron chi connectivity index (χ4n) is 9.76. The van der Waals surface area contributed by atoms with Gasteiger partial charge in [0.15, 0.2) is 0 Å². The summed E-state index contributed by atoms with van der Waals surface area (Å²) in [5.41, 5.74) is 0. The molecule has 0 saturated carbocycles. The molecule has 1 saturated heterocycles. The second-order valence-electron chi connectivity index (χ2n) is 20.5. The Hall–Kier alpha value is -1.18. The number of carbonyl (C=O) groups is 2. The van der Waals surface area contributed by atoms with E-state index >= 15 is 0 Å². The summed E-state index contributed by atoms with van der Waals surface area (Å²) < 4.78 is 0. The largest absolute Gasteiger partial charge is 0.338 e. The number of carbonyl (C=O) groups excluding carboxylic acids is 2. The van der Waals surface area contributed by atoms with Gasteiger partial charge in [-0.1, -0.05) is 240 Å². The SMILES string of the molecule is CCCCCCCCCCCCN(CCN(CCCCCCCCC)CCCCCCCCC)CC(=O)N1CCN(C(=O)CN(CCCCCCCC)CCCCCCCCC)CC1. The van der Waals surface area contributed by atoms with Gasteiger partial charge < -0.3 is 14.7 Å². The van der Waals surface area contributed by atoms with E-state index in [4.69, 9.17) is 0 Å². The van der Waals surface area contributed by atoms with Gasteiger partial charge in [-0.2, -0.15) is 0 Å². The van der Waals surface area contributed by atoms with Gasteiger partial charge in [-0.15, -0.1) is 0 Å². The summed E-state index contributed by atoms with van der Waals surface area (Å²) >= 11 is 0. The van der Waals surface area contributed by atoms with Gasteiger partial charge in [0.05, 0.1) is 13.1 Å². The first-order chi connectivity index (χ1) is 31.5. The Morgan fingerprint density at radius 2 is 0.453 bits per heavy atom. The van der Waals surface area contributed by atoms with Gasteiger partial charge in [0, 0.05) is 39.3 Å². The summed E-state index contributed by atoms with van der Waals surface area (Å²) in [5.74, 6) is 0.541. The van der Waals surface area contributed by atoms with E-state index in [2.05, 4.69) is 59.1 Å². The summed E-state index contributed by atoms with van der Waals surface area (Å²) in [5, 5.41) is 0. The quantitative estimate of drug-likeness (QED) is 0.0570. The van der Waals surface area contributed by atoms with E-state index < -0.39 is 0 Å². The first-order valence-corrected chi connectivity index (χ1v) is 29.2. The molecule has 2 amide bonds. The first-order valence-electron chi connectivity index (χ1n) is 29.2. The van der Waals surface area contributed by atoms with Gasteiger partial charge in [0.25, 0.3) is 0 Å². The summed E-state index contributed by atoms with van der Waals surface area (Å²) in [6.07, 6.45) is 49.3. The predicted octanol–water partition coefficient (Wildman–Crippen LogP) is 15.1. The number of hydrogen-bond acceptors (Lipinski definition) is 5. The maximum Gasteiger partial charge on any atom is 0.236 e. The van der Waals surface area contributed by atoms with E-state index in [-0.39, 0.29) is 11.8 Å². The van der Waals surface area contributed by atoms with E-state index in [9.17, 15) is 9.59 Å².